The predicted octanol–water partition coefficient (Wildman–Crippen LogP) is 2.04. The van der Waals surface area contributed by atoms with Gasteiger partial charge < -0.3 is 15.5 Å². The first-order valence-electron chi connectivity index (χ1n) is 7.05. The molecule has 1 saturated heterocycles. The number of para-hydroxylation sites is 1. The van der Waals surface area contributed by atoms with E-state index in [0.29, 0.717) is 10.7 Å². The second-order valence-corrected chi connectivity index (χ2v) is 5.51. The van der Waals surface area contributed by atoms with Gasteiger partial charge in [0, 0.05) is 43.8 Å². The van der Waals surface area contributed by atoms with E-state index in [9.17, 15) is 0 Å². The lowest BCUT2D eigenvalue weighted by Crippen LogP contribution is -2.46. The van der Waals surface area contributed by atoms with Gasteiger partial charge in [0.1, 0.15) is 4.99 Å². The van der Waals surface area contributed by atoms with E-state index in [0.717, 1.165) is 31.9 Å². The molecule has 0 aliphatic carbocycles. The lowest BCUT2D eigenvalue weighted by Gasteiger charge is -2.37. The van der Waals surface area contributed by atoms with Gasteiger partial charge in [-0.15, -0.1) is 0 Å². The van der Waals surface area contributed by atoms with Crippen LogP contribution in [0.2, 0.25) is 0 Å². The van der Waals surface area contributed by atoms with E-state index >= 15 is 0 Å². The smallest absolute Gasteiger partial charge is 0.122 e. The molecule has 5 heteroatoms. The van der Waals surface area contributed by atoms with Crippen LogP contribution in [-0.4, -0.2) is 36.2 Å². The minimum atomic E-state index is 0.347. The number of pyridine rings is 1. The average molecular weight is 298 g/mol. The lowest BCUT2D eigenvalue weighted by molar-refractivity contribution is 0.653. The molecular weight excluding hydrogens is 280 g/mol. The van der Waals surface area contributed by atoms with Gasteiger partial charge in [-0.3, -0.25) is 4.98 Å². The molecule has 0 amide bonds. The summed E-state index contributed by atoms with van der Waals surface area (Å²) < 4.78 is 0. The van der Waals surface area contributed by atoms with Crippen LogP contribution in [0.5, 0.6) is 0 Å². The maximum absolute atomic E-state index is 5.65. The first-order valence-corrected chi connectivity index (χ1v) is 7.46. The lowest BCUT2D eigenvalue weighted by atomic mass is 10.2. The topological polar surface area (TPSA) is 45.4 Å². The van der Waals surface area contributed by atoms with Gasteiger partial charge in [0.2, 0.25) is 0 Å². The van der Waals surface area contributed by atoms with Crippen LogP contribution in [0, 0.1) is 0 Å². The number of nitrogens with two attached hydrogens (primary N) is 1. The van der Waals surface area contributed by atoms with Crippen molar-refractivity contribution in [3.63, 3.8) is 0 Å². The highest BCUT2D eigenvalue weighted by Crippen LogP contribution is 2.20. The average Bonchev–Trinajstić information content (AvgIpc) is 2.56. The van der Waals surface area contributed by atoms with Crippen LogP contribution in [-0.2, 0) is 0 Å². The van der Waals surface area contributed by atoms with E-state index in [1.165, 1.54) is 5.69 Å². The minimum Gasteiger partial charge on any atom is -0.388 e. The number of aromatic nitrogens is 1. The third-order valence-corrected chi connectivity index (χ3v) is 3.97. The Morgan fingerprint density at radius 3 is 2.19 bits per heavy atom. The van der Waals surface area contributed by atoms with Gasteiger partial charge in [0.05, 0.1) is 5.69 Å². The number of benzene rings is 1. The Balaban J connectivity index is 1.68. The van der Waals surface area contributed by atoms with Gasteiger partial charge in [-0.2, -0.15) is 0 Å². The number of hydrogen-bond acceptors (Lipinski definition) is 4. The Bertz CT molecular complexity index is 621. The van der Waals surface area contributed by atoms with Crippen molar-refractivity contribution in [1.29, 1.82) is 0 Å². The van der Waals surface area contributed by atoms with Gasteiger partial charge in [-0.1, -0.05) is 30.4 Å². The quantitative estimate of drug-likeness (QED) is 0.879. The fraction of sp³-hybridized carbons (Fsp3) is 0.250. The highest BCUT2D eigenvalue weighted by molar-refractivity contribution is 7.80. The number of anilines is 2. The van der Waals surface area contributed by atoms with E-state index in [1.807, 2.05) is 18.2 Å². The second kappa shape index (κ2) is 6.10. The summed E-state index contributed by atoms with van der Waals surface area (Å²) in [5.41, 5.74) is 8.77. The van der Waals surface area contributed by atoms with Crippen molar-refractivity contribution in [3.05, 3.63) is 54.4 Å². The zero-order valence-corrected chi connectivity index (χ0v) is 12.6. The molecule has 1 fully saturated rings. The van der Waals surface area contributed by atoms with Crippen molar-refractivity contribution in [3.8, 4) is 0 Å². The number of piperazine rings is 1. The Labute approximate surface area is 130 Å². The summed E-state index contributed by atoms with van der Waals surface area (Å²) in [6.45, 7) is 3.98. The van der Waals surface area contributed by atoms with E-state index in [1.54, 1.807) is 6.20 Å². The molecule has 0 atom stereocenters. The highest BCUT2D eigenvalue weighted by Gasteiger charge is 2.17. The van der Waals surface area contributed by atoms with E-state index in [4.69, 9.17) is 18.0 Å². The Morgan fingerprint density at radius 1 is 0.952 bits per heavy atom. The zero-order valence-electron chi connectivity index (χ0n) is 11.8. The first kappa shape index (κ1) is 13.8. The van der Waals surface area contributed by atoms with Crippen LogP contribution in [0.15, 0.2) is 48.7 Å². The van der Waals surface area contributed by atoms with Crippen molar-refractivity contribution in [2.75, 3.05) is 36.0 Å². The van der Waals surface area contributed by atoms with Gasteiger partial charge in [0.25, 0.3) is 0 Å². The molecule has 1 aromatic carbocycles. The molecule has 4 nitrogen and oxygen atoms in total. The minimum absolute atomic E-state index is 0.347. The van der Waals surface area contributed by atoms with Crippen molar-refractivity contribution < 1.29 is 0 Å². The van der Waals surface area contributed by atoms with Crippen LogP contribution in [0.25, 0.3) is 0 Å². The molecule has 1 aliphatic heterocycles. The van der Waals surface area contributed by atoms with E-state index in [2.05, 4.69) is 39.0 Å². The molecule has 2 aromatic rings. The Morgan fingerprint density at radius 2 is 1.57 bits per heavy atom. The number of hydrogen-bond donors (Lipinski definition) is 1. The van der Waals surface area contributed by atoms with Crippen LogP contribution in [0.3, 0.4) is 0 Å². The number of nitrogens with zero attached hydrogens (tertiary/aromatic N) is 3. The molecule has 2 heterocycles. The summed E-state index contributed by atoms with van der Waals surface area (Å²) in [5, 5.41) is 0. The van der Waals surface area contributed by atoms with Gasteiger partial charge in [0.15, 0.2) is 0 Å². The van der Waals surface area contributed by atoms with E-state index < -0.39 is 0 Å². The van der Waals surface area contributed by atoms with Crippen molar-refractivity contribution in [2.24, 2.45) is 5.73 Å². The molecule has 108 valence electrons. The molecule has 21 heavy (non-hydrogen) atoms. The normalized spacial score (nSPS) is 15.0. The Kier molecular flexibility index (Phi) is 4.01. The Hall–Kier alpha value is -2.14. The van der Waals surface area contributed by atoms with Gasteiger partial charge in [-0.05, 0) is 24.3 Å². The monoisotopic (exact) mass is 298 g/mol. The van der Waals surface area contributed by atoms with Crippen molar-refractivity contribution >= 4 is 28.6 Å². The van der Waals surface area contributed by atoms with Crippen LogP contribution in [0.1, 0.15) is 5.69 Å². The molecule has 0 saturated carbocycles. The van der Waals surface area contributed by atoms with Gasteiger partial charge >= 0.3 is 0 Å². The maximum atomic E-state index is 5.65. The van der Waals surface area contributed by atoms with Crippen LogP contribution < -0.4 is 15.5 Å². The standard InChI is InChI=1S/C16H18N4S/c17-16(21)15-12-14(6-7-18-15)20-10-8-19(9-11-20)13-4-2-1-3-5-13/h1-7,12H,8-11H2,(H2,17,21). The summed E-state index contributed by atoms with van der Waals surface area (Å²) in [7, 11) is 0. The predicted molar refractivity (Wildman–Crippen MR) is 91.0 cm³/mol. The van der Waals surface area contributed by atoms with E-state index in [-0.39, 0.29) is 0 Å². The van der Waals surface area contributed by atoms with Crippen LogP contribution >= 0.6 is 12.2 Å². The second-order valence-electron chi connectivity index (χ2n) is 5.07. The third kappa shape index (κ3) is 3.13. The summed E-state index contributed by atoms with van der Waals surface area (Å²) in [6, 6.07) is 14.5. The molecule has 0 bridgehead atoms. The zero-order chi connectivity index (χ0) is 14.7. The summed E-state index contributed by atoms with van der Waals surface area (Å²) in [6.07, 6.45) is 1.77. The molecule has 3 rings (SSSR count). The molecule has 0 unspecified atom stereocenters. The number of rotatable bonds is 3. The highest BCUT2D eigenvalue weighted by atomic mass is 32.1. The van der Waals surface area contributed by atoms with Crippen LogP contribution in [0.4, 0.5) is 11.4 Å². The summed E-state index contributed by atoms with van der Waals surface area (Å²) >= 11 is 4.99. The van der Waals surface area contributed by atoms with Crippen molar-refractivity contribution in [2.45, 2.75) is 0 Å². The molecule has 0 spiro atoms. The fourth-order valence-electron chi connectivity index (χ4n) is 2.61. The molecular formula is C16H18N4S. The molecule has 1 aromatic heterocycles. The third-order valence-electron chi connectivity index (χ3n) is 3.76. The SMILES string of the molecule is NC(=S)c1cc(N2CCN(c3ccccc3)CC2)ccn1. The fourth-order valence-corrected chi connectivity index (χ4v) is 2.72. The first-order chi connectivity index (χ1) is 10.2. The summed E-state index contributed by atoms with van der Waals surface area (Å²) in [4.78, 5) is 9.30. The largest absolute Gasteiger partial charge is 0.388 e. The van der Waals surface area contributed by atoms with Crippen molar-refractivity contribution in [1.82, 2.24) is 4.98 Å². The summed E-state index contributed by atoms with van der Waals surface area (Å²) in [5.74, 6) is 0. The maximum Gasteiger partial charge on any atom is 0.122 e. The molecule has 1 aliphatic rings. The van der Waals surface area contributed by atoms with Gasteiger partial charge in [-0.25, -0.2) is 0 Å². The number of thiocarbonyl (C=S) groups is 1. The molecule has 0 radical (unpaired) electrons. The molecule has 2 N–H and O–H groups in total.